The second-order valence-electron chi connectivity index (χ2n) is 5.80. The van der Waals surface area contributed by atoms with Gasteiger partial charge in [0.1, 0.15) is 11.5 Å². The van der Waals surface area contributed by atoms with E-state index in [9.17, 15) is 0 Å². The average Bonchev–Trinajstić information content (AvgIpc) is 3.06. The quantitative estimate of drug-likeness (QED) is 0.512. The van der Waals surface area contributed by atoms with Crippen LogP contribution >= 0.6 is 0 Å². The van der Waals surface area contributed by atoms with Crippen molar-refractivity contribution in [3.05, 3.63) is 53.0 Å². The van der Waals surface area contributed by atoms with Gasteiger partial charge in [-0.05, 0) is 57.0 Å². The van der Waals surface area contributed by atoms with Crippen LogP contribution in [-0.4, -0.2) is 35.3 Å². The molecule has 0 amide bonds. The molecule has 3 N–H and O–H groups in total. The van der Waals surface area contributed by atoms with Crippen molar-refractivity contribution >= 4 is 11.9 Å². The van der Waals surface area contributed by atoms with Crippen LogP contribution in [0.5, 0.6) is 5.75 Å². The summed E-state index contributed by atoms with van der Waals surface area (Å²) in [5, 5.41) is 18.1. The standard InChI is InChI=1S/C17H23NO2.C2H2O4/c1-13-10-14(2)17(15(3)11-13)20-9-5-7-18-12-16-6-4-8-19-16;3-1(4)2(5)6/h4,6,8,10-11,18H,5,7,9,12H2,1-3H3;(H,3,4)(H,5,6). The first-order valence-electron chi connectivity index (χ1n) is 8.21. The molecule has 0 aliphatic rings. The van der Waals surface area contributed by atoms with Gasteiger partial charge in [-0.1, -0.05) is 17.7 Å². The second kappa shape index (κ2) is 10.9. The molecule has 0 fully saturated rings. The molecule has 2 aromatic rings. The van der Waals surface area contributed by atoms with Crippen molar-refractivity contribution in [2.24, 2.45) is 0 Å². The monoisotopic (exact) mass is 363 g/mol. The van der Waals surface area contributed by atoms with Gasteiger partial charge < -0.3 is 24.7 Å². The Kier molecular flexibility index (Phi) is 8.94. The number of benzene rings is 1. The topological polar surface area (TPSA) is 109 Å². The second-order valence-corrected chi connectivity index (χ2v) is 5.80. The van der Waals surface area contributed by atoms with Crippen molar-refractivity contribution in [1.29, 1.82) is 0 Å². The summed E-state index contributed by atoms with van der Waals surface area (Å²) in [4.78, 5) is 18.2. The molecule has 1 heterocycles. The lowest BCUT2D eigenvalue weighted by Crippen LogP contribution is -2.16. The van der Waals surface area contributed by atoms with Crippen molar-refractivity contribution < 1.29 is 29.0 Å². The number of aryl methyl sites for hydroxylation is 3. The van der Waals surface area contributed by atoms with Gasteiger partial charge in [0.2, 0.25) is 0 Å². The third kappa shape index (κ3) is 7.85. The Morgan fingerprint density at radius 1 is 1.12 bits per heavy atom. The first-order chi connectivity index (χ1) is 12.3. The molecule has 7 nitrogen and oxygen atoms in total. The molecular weight excluding hydrogens is 338 g/mol. The Morgan fingerprint density at radius 2 is 1.73 bits per heavy atom. The van der Waals surface area contributed by atoms with Gasteiger partial charge >= 0.3 is 11.9 Å². The largest absolute Gasteiger partial charge is 0.493 e. The molecule has 142 valence electrons. The minimum Gasteiger partial charge on any atom is -0.493 e. The van der Waals surface area contributed by atoms with E-state index in [1.807, 2.05) is 12.1 Å². The van der Waals surface area contributed by atoms with Crippen molar-refractivity contribution in [2.45, 2.75) is 33.7 Å². The molecule has 0 saturated carbocycles. The van der Waals surface area contributed by atoms with Crippen molar-refractivity contribution in [1.82, 2.24) is 5.32 Å². The highest BCUT2D eigenvalue weighted by molar-refractivity contribution is 6.27. The minimum atomic E-state index is -1.82. The molecule has 0 bridgehead atoms. The zero-order valence-corrected chi connectivity index (χ0v) is 15.2. The van der Waals surface area contributed by atoms with E-state index in [-0.39, 0.29) is 0 Å². The average molecular weight is 363 g/mol. The van der Waals surface area contributed by atoms with E-state index in [2.05, 4.69) is 38.2 Å². The molecule has 0 atom stereocenters. The van der Waals surface area contributed by atoms with Crippen LogP contribution < -0.4 is 10.1 Å². The van der Waals surface area contributed by atoms with Crippen molar-refractivity contribution in [2.75, 3.05) is 13.2 Å². The Bertz CT molecular complexity index is 674. The van der Waals surface area contributed by atoms with Gasteiger partial charge in [0, 0.05) is 0 Å². The van der Waals surface area contributed by atoms with Crippen LogP contribution in [0.25, 0.3) is 0 Å². The summed E-state index contributed by atoms with van der Waals surface area (Å²) in [6.45, 7) is 8.74. The van der Waals surface area contributed by atoms with Crippen LogP contribution in [0.2, 0.25) is 0 Å². The molecule has 1 aromatic carbocycles. The van der Waals surface area contributed by atoms with Gasteiger partial charge in [0.15, 0.2) is 0 Å². The van der Waals surface area contributed by atoms with Crippen LogP contribution in [0.3, 0.4) is 0 Å². The lowest BCUT2D eigenvalue weighted by Gasteiger charge is -2.13. The number of carboxylic acids is 2. The normalized spacial score (nSPS) is 9.96. The molecule has 0 aliphatic heterocycles. The summed E-state index contributed by atoms with van der Waals surface area (Å²) in [5.41, 5.74) is 3.71. The number of nitrogens with one attached hydrogen (secondary N) is 1. The van der Waals surface area contributed by atoms with E-state index in [4.69, 9.17) is 29.0 Å². The molecular formula is C19H25NO6. The molecule has 0 unspecified atom stereocenters. The van der Waals surface area contributed by atoms with Gasteiger partial charge in [0.25, 0.3) is 0 Å². The zero-order valence-electron chi connectivity index (χ0n) is 15.2. The summed E-state index contributed by atoms with van der Waals surface area (Å²) in [7, 11) is 0. The fraction of sp³-hybridized carbons (Fsp3) is 0.368. The minimum absolute atomic E-state index is 0.732. The Balaban J connectivity index is 0.000000487. The van der Waals surface area contributed by atoms with Gasteiger partial charge in [-0.2, -0.15) is 0 Å². The predicted molar refractivity (Wildman–Crippen MR) is 96.5 cm³/mol. The number of ether oxygens (including phenoxy) is 1. The maximum Gasteiger partial charge on any atom is 0.414 e. The Labute approximate surface area is 152 Å². The number of hydrogen-bond acceptors (Lipinski definition) is 5. The molecule has 0 spiro atoms. The summed E-state index contributed by atoms with van der Waals surface area (Å²) in [5.74, 6) is -1.65. The molecule has 26 heavy (non-hydrogen) atoms. The zero-order chi connectivity index (χ0) is 19.5. The highest BCUT2D eigenvalue weighted by Gasteiger charge is 2.05. The van der Waals surface area contributed by atoms with E-state index in [0.717, 1.165) is 37.6 Å². The number of hydrogen-bond donors (Lipinski definition) is 3. The molecule has 0 saturated heterocycles. The molecule has 7 heteroatoms. The molecule has 0 aliphatic carbocycles. The third-order valence-electron chi connectivity index (χ3n) is 3.41. The Hall–Kier alpha value is -2.80. The summed E-state index contributed by atoms with van der Waals surface area (Å²) < 4.78 is 11.2. The lowest BCUT2D eigenvalue weighted by atomic mass is 10.1. The SMILES string of the molecule is Cc1cc(C)c(OCCCNCc2ccco2)c(C)c1.O=C(O)C(=O)O. The number of carboxylic acid groups (broad SMARTS) is 2. The van der Waals surface area contributed by atoms with E-state index in [1.165, 1.54) is 16.7 Å². The maximum absolute atomic E-state index is 9.10. The predicted octanol–water partition coefficient (Wildman–Crippen LogP) is 2.92. The summed E-state index contributed by atoms with van der Waals surface area (Å²) in [6.07, 6.45) is 2.68. The van der Waals surface area contributed by atoms with Gasteiger partial charge in [-0.15, -0.1) is 0 Å². The summed E-state index contributed by atoms with van der Waals surface area (Å²) in [6, 6.07) is 8.21. The lowest BCUT2D eigenvalue weighted by molar-refractivity contribution is -0.159. The van der Waals surface area contributed by atoms with E-state index < -0.39 is 11.9 Å². The fourth-order valence-electron chi connectivity index (χ4n) is 2.39. The number of rotatable bonds is 7. The van der Waals surface area contributed by atoms with Crippen LogP contribution in [0.1, 0.15) is 28.9 Å². The third-order valence-corrected chi connectivity index (χ3v) is 3.41. The van der Waals surface area contributed by atoms with Gasteiger partial charge in [0.05, 0.1) is 19.4 Å². The van der Waals surface area contributed by atoms with Crippen LogP contribution in [0.4, 0.5) is 0 Å². The molecule has 2 rings (SSSR count). The number of aliphatic carboxylic acids is 2. The van der Waals surface area contributed by atoms with Crippen molar-refractivity contribution in [3.8, 4) is 5.75 Å². The van der Waals surface area contributed by atoms with Crippen molar-refractivity contribution in [3.63, 3.8) is 0 Å². The Morgan fingerprint density at radius 3 is 2.23 bits per heavy atom. The smallest absolute Gasteiger partial charge is 0.414 e. The highest BCUT2D eigenvalue weighted by Crippen LogP contribution is 2.24. The fourth-order valence-corrected chi connectivity index (χ4v) is 2.39. The first kappa shape index (κ1) is 21.2. The van der Waals surface area contributed by atoms with Crippen LogP contribution in [0, 0.1) is 20.8 Å². The van der Waals surface area contributed by atoms with E-state index in [1.54, 1.807) is 6.26 Å². The number of carbonyl (C=O) groups is 2. The van der Waals surface area contributed by atoms with Crippen LogP contribution in [-0.2, 0) is 16.1 Å². The number of furan rings is 1. The van der Waals surface area contributed by atoms with Gasteiger partial charge in [-0.25, -0.2) is 9.59 Å². The summed E-state index contributed by atoms with van der Waals surface area (Å²) >= 11 is 0. The molecule has 1 aromatic heterocycles. The van der Waals surface area contributed by atoms with E-state index >= 15 is 0 Å². The highest BCUT2D eigenvalue weighted by atomic mass is 16.5. The maximum atomic E-state index is 9.10. The first-order valence-corrected chi connectivity index (χ1v) is 8.21. The molecule has 0 radical (unpaired) electrons. The van der Waals surface area contributed by atoms with Crippen LogP contribution in [0.15, 0.2) is 34.9 Å². The van der Waals surface area contributed by atoms with Gasteiger partial charge in [-0.3, -0.25) is 0 Å². The van der Waals surface area contributed by atoms with E-state index in [0.29, 0.717) is 0 Å².